The van der Waals surface area contributed by atoms with Crippen LogP contribution >= 0.6 is 0 Å². The van der Waals surface area contributed by atoms with Crippen LogP contribution < -0.4 is 11.5 Å². The van der Waals surface area contributed by atoms with Crippen LogP contribution in [0.5, 0.6) is 0 Å². The van der Waals surface area contributed by atoms with Crippen LogP contribution in [0.1, 0.15) is 17.5 Å². The smallest absolute Gasteiger partial charge is 0.123 e. The molecule has 0 heterocycles. The summed E-state index contributed by atoms with van der Waals surface area (Å²) in [6.45, 7) is 1.95. The van der Waals surface area contributed by atoms with Gasteiger partial charge in [0.15, 0.2) is 0 Å². The molecule has 0 aromatic heterocycles. The van der Waals surface area contributed by atoms with Gasteiger partial charge in [0.1, 0.15) is 6.29 Å². The lowest BCUT2D eigenvalue weighted by Crippen LogP contribution is -1.96. The zero-order valence-electron chi connectivity index (χ0n) is 8.16. The van der Waals surface area contributed by atoms with Gasteiger partial charge in [-0.3, -0.25) is 0 Å². The van der Waals surface area contributed by atoms with Gasteiger partial charge in [0.2, 0.25) is 0 Å². The normalized spacial score (nSPS) is 10.6. The molecule has 0 aliphatic rings. The summed E-state index contributed by atoms with van der Waals surface area (Å²) >= 11 is 0. The molecule has 0 aliphatic carbocycles. The van der Waals surface area contributed by atoms with Crippen LogP contribution in [0.15, 0.2) is 18.2 Å². The summed E-state index contributed by atoms with van der Waals surface area (Å²) in [6.07, 6.45) is 4.95. The number of rotatable bonds is 3. The van der Waals surface area contributed by atoms with Crippen molar-refractivity contribution in [2.45, 2.75) is 13.3 Å². The lowest BCUT2D eigenvalue weighted by atomic mass is 10.1. The number of allylic oxidation sites excluding steroid dienone is 1. The molecule has 0 radical (unpaired) electrons. The monoisotopic (exact) mass is 190 g/mol. The van der Waals surface area contributed by atoms with Crippen LogP contribution in [0.4, 0.5) is 11.4 Å². The highest BCUT2D eigenvalue weighted by molar-refractivity contribution is 5.71. The highest BCUT2D eigenvalue weighted by Gasteiger charge is 1.99. The van der Waals surface area contributed by atoms with Gasteiger partial charge < -0.3 is 16.3 Å². The van der Waals surface area contributed by atoms with Crippen molar-refractivity contribution in [3.8, 4) is 0 Å². The van der Waals surface area contributed by atoms with Gasteiger partial charge in [-0.2, -0.15) is 0 Å². The molecule has 3 nitrogen and oxygen atoms in total. The maximum Gasteiger partial charge on any atom is 0.123 e. The Hall–Kier alpha value is -1.77. The molecule has 0 saturated carbocycles. The molecular weight excluding hydrogens is 176 g/mol. The minimum absolute atomic E-state index is 0.420. The number of benzene rings is 1. The van der Waals surface area contributed by atoms with E-state index in [0.29, 0.717) is 17.8 Å². The summed E-state index contributed by atoms with van der Waals surface area (Å²) in [7, 11) is 0. The van der Waals surface area contributed by atoms with Crippen molar-refractivity contribution in [2.24, 2.45) is 0 Å². The van der Waals surface area contributed by atoms with E-state index in [-0.39, 0.29) is 0 Å². The van der Waals surface area contributed by atoms with Gasteiger partial charge in [-0.25, -0.2) is 0 Å². The average molecular weight is 190 g/mol. The van der Waals surface area contributed by atoms with Gasteiger partial charge in [0, 0.05) is 6.42 Å². The highest BCUT2D eigenvalue weighted by atomic mass is 16.1. The molecule has 3 heteroatoms. The quantitative estimate of drug-likeness (QED) is 0.563. The number of nitrogen functional groups attached to an aromatic ring is 2. The van der Waals surface area contributed by atoms with Gasteiger partial charge in [0.05, 0.1) is 11.4 Å². The summed E-state index contributed by atoms with van der Waals surface area (Å²) in [5, 5.41) is 0. The fourth-order valence-corrected chi connectivity index (χ4v) is 1.19. The van der Waals surface area contributed by atoms with Crippen LogP contribution in [0, 0.1) is 6.92 Å². The summed E-state index contributed by atoms with van der Waals surface area (Å²) in [4.78, 5) is 10.1. The Labute approximate surface area is 83.4 Å². The molecule has 0 atom stereocenters. The van der Waals surface area contributed by atoms with E-state index in [0.717, 1.165) is 17.4 Å². The number of nitrogens with two attached hydrogens (primary N) is 2. The first kappa shape index (κ1) is 10.3. The minimum Gasteiger partial charge on any atom is -0.397 e. The van der Waals surface area contributed by atoms with Crippen LogP contribution in [0.25, 0.3) is 6.08 Å². The number of hydrogen-bond donors (Lipinski definition) is 2. The van der Waals surface area contributed by atoms with Crippen molar-refractivity contribution in [2.75, 3.05) is 11.5 Å². The van der Waals surface area contributed by atoms with Gasteiger partial charge in [0.25, 0.3) is 0 Å². The Bertz CT molecular complexity index is 370. The van der Waals surface area contributed by atoms with E-state index in [1.165, 1.54) is 0 Å². The SMILES string of the molecule is Cc1cc(N)c(N)cc1C=CCC=O. The topological polar surface area (TPSA) is 69.1 Å². The largest absolute Gasteiger partial charge is 0.397 e. The third-order valence-electron chi connectivity index (χ3n) is 2.00. The van der Waals surface area contributed by atoms with Gasteiger partial charge in [-0.15, -0.1) is 0 Å². The van der Waals surface area contributed by atoms with E-state index in [2.05, 4.69) is 0 Å². The second kappa shape index (κ2) is 4.46. The van der Waals surface area contributed by atoms with E-state index in [1.54, 1.807) is 6.08 Å². The van der Waals surface area contributed by atoms with Crippen molar-refractivity contribution < 1.29 is 4.79 Å². The molecular formula is C11H14N2O. The first-order valence-corrected chi connectivity index (χ1v) is 4.41. The molecule has 4 N–H and O–H groups in total. The van der Waals surface area contributed by atoms with E-state index in [1.807, 2.05) is 25.1 Å². The number of anilines is 2. The molecule has 0 saturated heterocycles. The Kier molecular flexibility index (Phi) is 3.29. The first-order chi connectivity index (χ1) is 6.65. The van der Waals surface area contributed by atoms with Gasteiger partial charge in [-0.05, 0) is 30.2 Å². The Balaban J connectivity index is 2.97. The number of aldehydes is 1. The predicted octanol–water partition coefficient (Wildman–Crippen LogP) is 1.76. The summed E-state index contributed by atoms with van der Waals surface area (Å²) in [5.74, 6) is 0. The van der Waals surface area contributed by atoms with Crippen LogP contribution in [-0.4, -0.2) is 6.29 Å². The number of hydrogen-bond acceptors (Lipinski definition) is 3. The molecule has 1 aromatic rings. The predicted molar refractivity (Wildman–Crippen MR) is 59.7 cm³/mol. The zero-order valence-corrected chi connectivity index (χ0v) is 8.16. The van der Waals surface area contributed by atoms with E-state index >= 15 is 0 Å². The third-order valence-corrected chi connectivity index (χ3v) is 2.00. The number of aryl methyl sites for hydroxylation is 1. The molecule has 0 bridgehead atoms. The molecule has 1 aromatic carbocycles. The molecule has 0 unspecified atom stereocenters. The Morgan fingerprint density at radius 3 is 2.57 bits per heavy atom. The highest BCUT2D eigenvalue weighted by Crippen LogP contribution is 2.21. The lowest BCUT2D eigenvalue weighted by Gasteiger charge is -2.05. The first-order valence-electron chi connectivity index (χ1n) is 4.41. The van der Waals surface area contributed by atoms with Crippen molar-refractivity contribution in [1.82, 2.24) is 0 Å². The number of carbonyl (C=O) groups excluding carboxylic acids is 1. The van der Waals surface area contributed by atoms with E-state index in [9.17, 15) is 4.79 Å². The second-order valence-corrected chi connectivity index (χ2v) is 3.14. The summed E-state index contributed by atoms with van der Waals surface area (Å²) in [6, 6.07) is 3.64. The molecule has 0 spiro atoms. The zero-order chi connectivity index (χ0) is 10.6. The molecule has 0 aliphatic heterocycles. The van der Waals surface area contributed by atoms with Crippen LogP contribution in [0.3, 0.4) is 0 Å². The molecule has 1 rings (SSSR count). The van der Waals surface area contributed by atoms with Crippen molar-refractivity contribution >= 4 is 23.7 Å². The molecule has 14 heavy (non-hydrogen) atoms. The maximum atomic E-state index is 10.1. The molecule has 74 valence electrons. The standard InChI is InChI=1S/C11H14N2O/c1-8-6-10(12)11(13)7-9(8)4-2-3-5-14/h2,4-7H,3,12-13H2,1H3. The summed E-state index contributed by atoms with van der Waals surface area (Å²) in [5.41, 5.74) is 14.5. The van der Waals surface area contributed by atoms with Crippen LogP contribution in [0.2, 0.25) is 0 Å². The van der Waals surface area contributed by atoms with Crippen molar-refractivity contribution in [3.63, 3.8) is 0 Å². The third kappa shape index (κ3) is 2.36. The number of carbonyl (C=O) groups is 1. The molecule has 0 fully saturated rings. The van der Waals surface area contributed by atoms with E-state index < -0.39 is 0 Å². The fourth-order valence-electron chi connectivity index (χ4n) is 1.19. The molecule has 0 amide bonds. The Morgan fingerprint density at radius 1 is 1.29 bits per heavy atom. The minimum atomic E-state index is 0.420. The summed E-state index contributed by atoms with van der Waals surface area (Å²) < 4.78 is 0. The maximum absolute atomic E-state index is 10.1. The van der Waals surface area contributed by atoms with Gasteiger partial charge in [-0.1, -0.05) is 12.2 Å². The lowest BCUT2D eigenvalue weighted by molar-refractivity contribution is -0.107. The second-order valence-electron chi connectivity index (χ2n) is 3.14. The fraction of sp³-hybridized carbons (Fsp3) is 0.182. The van der Waals surface area contributed by atoms with E-state index in [4.69, 9.17) is 11.5 Å². The van der Waals surface area contributed by atoms with Gasteiger partial charge >= 0.3 is 0 Å². The Morgan fingerprint density at radius 2 is 1.93 bits per heavy atom. The van der Waals surface area contributed by atoms with Crippen molar-refractivity contribution in [3.05, 3.63) is 29.3 Å². The average Bonchev–Trinajstić information content (AvgIpc) is 2.14. The van der Waals surface area contributed by atoms with Crippen molar-refractivity contribution in [1.29, 1.82) is 0 Å². The van der Waals surface area contributed by atoms with Crippen LogP contribution in [-0.2, 0) is 4.79 Å².